The van der Waals surface area contributed by atoms with Crippen LogP contribution in [0, 0.1) is 5.82 Å². The second kappa shape index (κ2) is 8.06. The summed E-state index contributed by atoms with van der Waals surface area (Å²) in [4.78, 5) is 0. The highest BCUT2D eigenvalue weighted by Crippen LogP contribution is 2.40. The van der Waals surface area contributed by atoms with Gasteiger partial charge in [0.1, 0.15) is 5.82 Å². The van der Waals surface area contributed by atoms with Crippen molar-refractivity contribution < 1.29 is 18.6 Å². The number of benzene rings is 2. The predicted octanol–water partition coefficient (Wildman–Crippen LogP) is 5.07. The van der Waals surface area contributed by atoms with Crippen LogP contribution in [-0.4, -0.2) is 20.8 Å². The van der Waals surface area contributed by atoms with Crippen molar-refractivity contribution in [1.82, 2.24) is 0 Å². The SMILES string of the molecule is COc1cc(Cl)cc(OC)c1OCCC(C)c1ccc(F)cc1. The molecule has 0 saturated carbocycles. The Labute approximate surface area is 140 Å². The van der Waals surface area contributed by atoms with E-state index in [4.69, 9.17) is 25.8 Å². The van der Waals surface area contributed by atoms with E-state index in [1.54, 1.807) is 38.5 Å². The molecular formula is C18H20ClFO3. The summed E-state index contributed by atoms with van der Waals surface area (Å²) in [7, 11) is 3.11. The van der Waals surface area contributed by atoms with Crippen LogP contribution in [0.2, 0.25) is 5.02 Å². The van der Waals surface area contributed by atoms with Gasteiger partial charge in [0.2, 0.25) is 5.75 Å². The van der Waals surface area contributed by atoms with Gasteiger partial charge in [0.05, 0.1) is 20.8 Å². The third-order valence-electron chi connectivity index (χ3n) is 3.66. The molecule has 5 heteroatoms. The Kier molecular flexibility index (Phi) is 6.11. The molecule has 0 aliphatic heterocycles. The molecule has 0 amide bonds. The Morgan fingerprint density at radius 2 is 1.61 bits per heavy atom. The van der Waals surface area contributed by atoms with Gasteiger partial charge >= 0.3 is 0 Å². The summed E-state index contributed by atoms with van der Waals surface area (Å²) < 4.78 is 29.4. The molecule has 0 aliphatic carbocycles. The van der Waals surface area contributed by atoms with Crippen LogP contribution in [0.25, 0.3) is 0 Å². The molecule has 1 atom stereocenters. The quantitative estimate of drug-likeness (QED) is 0.705. The average Bonchev–Trinajstić information content (AvgIpc) is 2.55. The molecule has 0 heterocycles. The molecule has 1 unspecified atom stereocenters. The lowest BCUT2D eigenvalue weighted by Crippen LogP contribution is -2.05. The van der Waals surface area contributed by atoms with Crippen LogP contribution >= 0.6 is 11.6 Å². The van der Waals surface area contributed by atoms with E-state index in [1.807, 2.05) is 0 Å². The summed E-state index contributed by atoms with van der Waals surface area (Å²) in [5.74, 6) is 1.62. The zero-order valence-corrected chi connectivity index (χ0v) is 14.2. The van der Waals surface area contributed by atoms with E-state index >= 15 is 0 Å². The number of hydrogen-bond acceptors (Lipinski definition) is 3. The Hall–Kier alpha value is -1.94. The molecule has 2 rings (SSSR count). The topological polar surface area (TPSA) is 27.7 Å². The van der Waals surface area contributed by atoms with Gasteiger partial charge in [-0.15, -0.1) is 0 Å². The smallest absolute Gasteiger partial charge is 0.203 e. The number of halogens is 2. The monoisotopic (exact) mass is 338 g/mol. The summed E-state index contributed by atoms with van der Waals surface area (Å²) in [6.07, 6.45) is 0.778. The molecule has 0 N–H and O–H groups in total. The van der Waals surface area contributed by atoms with E-state index in [9.17, 15) is 4.39 Å². The first-order chi connectivity index (χ1) is 11.0. The Morgan fingerprint density at radius 3 is 2.13 bits per heavy atom. The average molecular weight is 339 g/mol. The van der Waals surface area contributed by atoms with Gasteiger partial charge in [-0.1, -0.05) is 30.7 Å². The van der Waals surface area contributed by atoms with Crippen LogP contribution in [-0.2, 0) is 0 Å². The van der Waals surface area contributed by atoms with Gasteiger partial charge < -0.3 is 14.2 Å². The minimum absolute atomic E-state index is 0.229. The van der Waals surface area contributed by atoms with Gasteiger partial charge in [0.25, 0.3) is 0 Å². The summed E-state index contributed by atoms with van der Waals surface area (Å²) in [6.45, 7) is 2.56. The van der Waals surface area contributed by atoms with Gasteiger partial charge in [0.15, 0.2) is 11.5 Å². The highest BCUT2D eigenvalue weighted by Gasteiger charge is 2.14. The van der Waals surface area contributed by atoms with Gasteiger partial charge in [0, 0.05) is 17.2 Å². The van der Waals surface area contributed by atoms with Gasteiger partial charge in [-0.05, 0) is 30.0 Å². The molecule has 0 spiro atoms. The van der Waals surface area contributed by atoms with Crippen molar-refractivity contribution in [2.45, 2.75) is 19.3 Å². The van der Waals surface area contributed by atoms with E-state index in [2.05, 4.69) is 6.92 Å². The molecule has 23 heavy (non-hydrogen) atoms. The van der Waals surface area contributed by atoms with Crippen LogP contribution < -0.4 is 14.2 Å². The van der Waals surface area contributed by atoms with E-state index in [0.717, 1.165) is 12.0 Å². The minimum Gasteiger partial charge on any atom is -0.493 e. The Bertz CT molecular complexity index is 618. The van der Waals surface area contributed by atoms with E-state index in [0.29, 0.717) is 28.9 Å². The molecule has 2 aromatic carbocycles. The number of hydrogen-bond donors (Lipinski definition) is 0. The van der Waals surface area contributed by atoms with Gasteiger partial charge in [-0.2, -0.15) is 0 Å². The largest absolute Gasteiger partial charge is 0.493 e. The molecule has 3 nitrogen and oxygen atoms in total. The number of rotatable bonds is 7. The van der Waals surface area contributed by atoms with Crippen molar-refractivity contribution in [2.75, 3.05) is 20.8 Å². The van der Waals surface area contributed by atoms with Crippen LogP contribution in [0.1, 0.15) is 24.8 Å². The van der Waals surface area contributed by atoms with Gasteiger partial charge in [-0.25, -0.2) is 4.39 Å². The second-order valence-corrected chi connectivity index (χ2v) is 5.67. The maximum atomic E-state index is 13.0. The van der Waals surface area contributed by atoms with Crippen LogP contribution in [0.3, 0.4) is 0 Å². The lowest BCUT2D eigenvalue weighted by Gasteiger charge is -2.17. The molecule has 0 saturated heterocycles. The third kappa shape index (κ3) is 4.52. The van der Waals surface area contributed by atoms with Crippen LogP contribution in [0.15, 0.2) is 36.4 Å². The maximum absolute atomic E-state index is 13.0. The first kappa shape index (κ1) is 17.4. The molecular weight excluding hydrogens is 319 g/mol. The lowest BCUT2D eigenvalue weighted by atomic mass is 9.98. The lowest BCUT2D eigenvalue weighted by molar-refractivity contribution is 0.265. The summed E-state index contributed by atoms with van der Waals surface area (Å²) in [5.41, 5.74) is 1.07. The molecule has 0 bridgehead atoms. The summed E-state index contributed by atoms with van der Waals surface area (Å²) in [6, 6.07) is 9.90. The van der Waals surface area contributed by atoms with E-state index in [-0.39, 0.29) is 11.7 Å². The van der Waals surface area contributed by atoms with Crippen molar-refractivity contribution in [3.05, 3.63) is 52.8 Å². The van der Waals surface area contributed by atoms with E-state index < -0.39 is 0 Å². The zero-order chi connectivity index (χ0) is 16.8. The van der Waals surface area contributed by atoms with Crippen molar-refractivity contribution in [3.8, 4) is 17.2 Å². The van der Waals surface area contributed by atoms with Crippen LogP contribution in [0.5, 0.6) is 17.2 Å². The normalized spacial score (nSPS) is 11.9. The van der Waals surface area contributed by atoms with Crippen molar-refractivity contribution in [2.24, 2.45) is 0 Å². The van der Waals surface area contributed by atoms with Gasteiger partial charge in [-0.3, -0.25) is 0 Å². The van der Waals surface area contributed by atoms with Crippen molar-refractivity contribution >= 4 is 11.6 Å². The van der Waals surface area contributed by atoms with Crippen LogP contribution in [0.4, 0.5) is 4.39 Å². The fourth-order valence-electron chi connectivity index (χ4n) is 2.29. The second-order valence-electron chi connectivity index (χ2n) is 5.23. The first-order valence-electron chi connectivity index (χ1n) is 7.35. The summed E-state index contributed by atoms with van der Waals surface area (Å²) >= 11 is 6.01. The molecule has 2 aromatic rings. The molecule has 0 radical (unpaired) electrons. The molecule has 0 aliphatic rings. The van der Waals surface area contributed by atoms with Crippen molar-refractivity contribution in [3.63, 3.8) is 0 Å². The zero-order valence-electron chi connectivity index (χ0n) is 13.4. The summed E-state index contributed by atoms with van der Waals surface area (Å²) in [5, 5.41) is 0.519. The fourth-order valence-corrected chi connectivity index (χ4v) is 2.48. The molecule has 124 valence electrons. The Balaban J connectivity index is 2.02. The molecule has 0 fully saturated rings. The standard InChI is InChI=1S/C18H20ClFO3/c1-12(13-4-6-15(20)7-5-13)8-9-23-18-16(21-2)10-14(19)11-17(18)22-3/h4-7,10-12H,8-9H2,1-3H3. The molecule has 0 aromatic heterocycles. The highest BCUT2D eigenvalue weighted by molar-refractivity contribution is 6.31. The minimum atomic E-state index is -0.229. The third-order valence-corrected chi connectivity index (χ3v) is 3.88. The number of methoxy groups -OCH3 is 2. The predicted molar refractivity (Wildman–Crippen MR) is 89.5 cm³/mol. The highest BCUT2D eigenvalue weighted by atomic mass is 35.5. The first-order valence-corrected chi connectivity index (χ1v) is 7.72. The van der Waals surface area contributed by atoms with Crippen molar-refractivity contribution in [1.29, 1.82) is 0 Å². The van der Waals surface area contributed by atoms with E-state index in [1.165, 1.54) is 12.1 Å². The maximum Gasteiger partial charge on any atom is 0.203 e. The number of ether oxygens (including phenoxy) is 3. The Morgan fingerprint density at radius 1 is 1.04 bits per heavy atom. The fraction of sp³-hybridized carbons (Fsp3) is 0.333.